The molecule has 0 atom stereocenters. The number of benzene rings is 1. The fourth-order valence-corrected chi connectivity index (χ4v) is 4.78. The van der Waals surface area contributed by atoms with Crippen LogP contribution in [-0.2, 0) is 34.0 Å². The Morgan fingerprint density at radius 3 is 2.28 bits per heavy atom. The number of ether oxygens (including phenoxy) is 1. The number of urea groups is 1. The Morgan fingerprint density at radius 2 is 1.72 bits per heavy atom. The van der Waals surface area contributed by atoms with Crippen LogP contribution >= 0.6 is 0 Å². The Hall–Kier alpha value is -3.78. The highest BCUT2D eigenvalue weighted by Gasteiger charge is 2.43. The number of rotatable bonds is 13. The van der Waals surface area contributed by atoms with E-state index in [1.54, 1.807) is 7.11 Å². The molecule has 0 spiro atoms. The van der Waals surface area contributed by atoms with Crippen molar-refractivity contribution in [1.82, 2.24) is 35.3 Å². The van der Waals surface area contributed by atoms with Crippen LogP contribution in [0.1, 0.15) is 38.7 Å². The standard InChI is InChI=1S/C25H38N8O6/c1-4-21(34)33(20-8-6-19(7-9-20)16-26-23(37)27-17-22(35)36)25(18-39-3)10-12-30(13-11-25)14-15-32-24(38)31(5-2)28-29-32/h6-9H,4-5,10-18H2,1-3H3,(H,35,36)(H2,26,27,37). The number of amides is 3. The average Bonchev–Trinajstić information content (AvgIpc) is 3.30. The van der Waals surface area contributed by atoms with E-state index in [9.17, 15) is 19.2 Å². The van der Waals surface area contributed by atoms with E-state index in [-0.39, 0.29) is 18.1 Å². The topological polar surface area (TPSA) is 164 Å². The van der Waals surface area contributed by atoms with Crippen molar-refractivity contribution < 1.29 is 24.2 Å². The maximum absolute atomic E-state index is 13.3. The second-order valence-electron chi connectivity index (χ2n) is 9.48. The molecule has 2 heterocycles. The van der Waals surface area contributed by atoms with E-state index >= 15 is 0 Å². The highest BCUT2D eigenvalue weighted by molar-refractivity contribution is 5.94. The lowest BCUT2D eigenvalue weighted by molar-refractivity contribution is -0.135. The average molecular weight is 547 g/mol. The zero-order valence-electron chi connectivity index (χ0n) is 22.8. The Balaban J connectivity index is 1.68. The number of aliphatic carboxylic acids is 1. The molecule has 0 bridgehead atoms. The largest absolute Gasteiger partial charge is 0.480 e. The van der Waals surface area contributed by atoms with Crippen molar-refractivity contribution in [2.75, 3.05) is 44.8 Å². The molecule has 1 aromatic heterocycles. The van der Waals surface area contributed by atoms with E-state index in [4.69, 9.17) is 9.84 Å². The van der Waals surface area contributed by atoms with Gasteiger partial charge in [0.1, 0.15) is 6.54 Å². The lowest BCUT2D eigenvalue weighted by atomic mass is 9.85. The van der Waals surface area contributed by atoms with Gasteiger partial charge in [-0.2, -0.15) is 9.36 Å². The van der Waals surface area contributed by atoms with Crippen molar-refractivity contribution in [2.24, 2.45) is 0 Å². The number of carbonyl (C=O) groups excluding carboxylic acids is 2. The number of hydrogen-bond acceptors (Lipinski definition) is 8. The molecular weight excluding hydrogens is 508 g/mol. The molecule has 39 heavy (non-hydrogen) atoms. The van der Waals surface area contributed by atoms with Crippen molar-refractivity contribution in [3.63, 3.8) is 0 Å². The first kappa shape index (κ1) is 29.8. The lowest BCUT2D eigenvalue weighted by Crippen LogP contribution is -2.60. The van der Waals surface area contributed by atoms with Gasteiger partial charge in [0.05, 0.1) is 18.7 Å². The van der Waals surface area contributed by atoms with Crippen LogP contribution < -0.4 is 21.2 Å². The first-order chi connectivity index (χ1) is 18.7. The van der Waals surface area contributed by atoms with Gasteiger partial charge in [-0.25, -0.2) is 9.59 Å². The van der Waals surface area contributed by atoms with Gasteiger partial charge in [-0.05, 0) is 47.9 Å². The molecule has 0 saturated carbocycles. The number of nitrogens with zero attached hydrogens (tertiary/aromatic N) is 6. The SMILES string of the molecule is CCC(=O)N(c1ccc(CNC(=O)NCC(=O)O)cc1)C1(COC)CCN(CCn2nnn(CC)c2=O)CC1. The summed E-state index contributed by atoms with van der Waals surface area (Å²) < 4.78 is 8.33. The molecular formula is C25H38N8O6. The Labute approximate surface area is 226 Å². The number of carboxylic acid groups (broad SMARTS) is 1. The molecule has 1 aliphatic heterocycles. The molecule has 0 radical (unpaired) electrons. The first-order valence-corrected chi connectivity index (χ1v) is 13.1. The molecule has 0 aliphatic carbocycles. The summed E-state index contributed by atoms with van der Waals surface area (Å²) in [6, 6.07) is 6.80. The Kier molecular flexibility index (Phi) is 10.6. The molecule has 3 amide bonds. The summed E-state index contributed by atoms with van der Waals surface area (Å²) in [6.07, 6.45) is 1.71. The maximum atomic E-state index is 13.3. The molecule has 1 saturated heterocycles. The van der Waals surface area contributed by atoms with Gasteiger partial charge in [-0.3, -0.25) is 9.59 Å². The van der Waals surface area contributed by atoms with Crippen LogP contribution in [0.4, 0.5) is 10.5 Å². The van der Waals surface area contributed by atoms with Crippen molar-refractivity contribution in [3.8, 4) is 0 Å². The number of carbonyl (C=O) groups is 3. The van der Waals surface area contributed by atoms with Gasteiger partial charge in [0.15, 0.2) is 0 Å². The number of likely N-dealkylation sites (tertiary alicyclic amines) is 1. The summed E-state index contributed by atoms with van der Waals surface area (Å²) in [5, 5.41) is 21.3. The molecule has 14 heteroatoms. The summed E-state index contributed by atoms with van der Waals surface area (Å²) >= 11 is 0. The third-order valence-corrected chi connectivity index (χ3v) is 6.90. The Bertz CT molecular complexity index is 1170. The summed E-state index contributed by atoms with van der Waals surface area (Å²) in [7, 11) is 1.64. The van der Waals surface area contributed by atoms with Gasteiger partial charge in [0.25, 0.3) is 0 Å². The fourth-order valence-electron chi connectivity index (χ4n) is 4.78. The minimum Gasteiger partial charge on any atom is -0.480 e. The molecule has 1 fully saturated rings. The number of hydrogen-bond donors (Lipinski definition) is 3. The lowest BCUT2D eigenvalue weighted by Gasteiger charge is -2.48. The number of carboxylic acids is 1. The molecule has 14 nitrogen and oxygen atoms in total. The zero-order chi connectivity index (χ0) is 28.4. The smallest absolute Gasteiger partial charge is 0.363 e. The normalized spacial score (nSPS) is 15.1. The van der Waals surface area contributed by atoms with Crippen LogP contribution in [0.5, 0.6) is 0 Å². The van der Waals surface area contributed by atoms with Crippen LogP contribution in [0.3, 0.4) is 0 Å². The number of aryl methyl sites for hydroxylation is 1. The predicted octanol–water partition coefficient (Wildman–Crippen LogP) is 0.268. The zero-order valence-corrected chi connectivity index (χ0v) is 22.8. The number of methoxy groups -OCH3 is 1. The van der Waals surface area contributed by atoms with Gasteiger partial charge < -0.3 is 30.3 Å². The van der Waals surface area contributed by atoms with Gasteiger partial charge in [-0.1, -0.05) is 19.1 Å². The quantitative estimate of drug-likeness (QED) is 0.320. The third kappa shape index (κ3) is 7.63. The number of tetrazole rings is 1. The van der Waals surface area contributed by atoms with Crippen molar-refractivity contribution in [2.45, 2.75) is 58.3 Å². The van der Waals surface area contributed by atoms with Crippen molar-refractivity contribution in [3.05, 3.63) is 40.3 Å². The molecule has 0 unspecified atom stereocenters. The highest BCUT2D eigenvalue weighted by Crippen LogP contribution is 2.34. The number of nitrogens with one attached hydrogen (secondary N) is 2. The minimum atomic E-state index is -1.12. The van der Waals surface area contributed by atoms with E-state index < -0.39 is 24.1 Å². The summed E-state index contributed by atoms with van der Waals surface area (Å²) in [5.74, 6) is -1.13. The van der Waals surface area contributed by atoms with Crippen molar-refractivity contribution in [1.29, 1.82) is 0 Å². The molecule has 1 aromatic carbocycles. The second kappa shape index (κ2) is 13.8. The summed E-state index contributed by atoms with van der Waals surface area (Å²) in [4.78, 5) is 52.0. The predicted molar refractivity (Wildman–Crippen MR) is 142 cm³/mol. The van der Waals surface area contributed by atoms with Crippen molar-refractivity contribution >= 4 is 23.6 Å². The first-order valence-electron chi connectivity index (χ1n) is 13.1. The monoisotopic (exact) mass is 546 g/mol. The van der Waals surface area contributed by atoms with E-state index in [0.717, 1.165) is 24.3 Å². The molecule has 214 valence electrons. The van der Waals surface area contributed by atoms with Crippen LogP contribution in [0.25, 0.3) is 0 Å². The minimum absolute atomic E-state index is 0.0119. The summed E-state index contributed by atoms with van der Waals surface area (Å²) in [5.41, 5.74) is 0.799. The number of piperidine rings is 1. The maximum Gasteiger partial charge on any atom is 0.363 e. The van der Waals surface area contributed by atoms with Crippen LogP contribution in [0.2, 0.25) is 0 Å². The molecule has 3 N–H and O–H groups in total. The second-order valence-corrected chi connectivity index (χ2v) is 9.48. The Morgan fingerprint density at radius 1 is 1.05 bits per heavy atom. The van der Waals surface area contributed by atoms with E-state index in [0.29, 0.717) is 45.5 Å². The van der Waals surface area contributed by atoms with Gasteiger partial charge >= 0.3 is 17.7 Å². The molecule has 1 aliphatic rings. The van der Waals surface area contributed by atoms with Gasteiger partial charge in [0.2, 0.25) is 5.91 Å². The van der Waals surface area contributed by atoms with Gasteiger partial charge in [0, 0.05) is 51.9 Å². The molecule has 3 rings (SSSR count). The van der Waals surface area contributed by atoms with E-state index in [1.807, 2.05) is 43.0 Å². The summed E-state index contributed by atoms with van der Waals surface area (Å²) in [6.45, 7) is 6.82. The van der Waals surface area contributed by atoms with E-state index in [1.165, 1.54) is 9.36 Å². The highest BCUT2D eigenvalue weighted by atomic mass is 16.5. The number of anilines is 1. The van der Waals surface area contributed by atoms with Crippen LogP contribution in [-0.4, -0.2) is 93.1 Å². The van der Waals surface area contributed by atoms with Gasteiger partial charge in [-0.15, -0.1) is 0 Å². The third-order valence-electron chi connectivity index (χ3n) is 6.90. The molecule has 2 aromatic rings. The van der Waals surface area contributed by atoms with Crippen LogP contribution in [0, 0.1) is 0 Å². The fraction of sp³-hybridized carbons (Fsp3) is 0.600. The number of aromatic nitrogens is 4. The van der Waals surface area contributed by atoms with E-state index in [2.05, 4.69) is 26.0 Å². The van der Waals surface area contributed by atoms with Crippen LogP contribution in [0.15, 0.2) is 29.1 Å².